The van der Waals surface area contributed by atoms with E-state index in [1.54, 1.807) is 24.3 Å². The number of rotatable bonds is 8. The first kappa shape index (κ1) is 22.8. The van der Waals surface area contributed by atoms with Gasteiger partial charge in [-0.25, -0.2) is 4.79 Å². The van der Waals surface area contributed by atoms with Crippen LogP contribution in [0, 0.1) is 0 Å². The van der Waals surface area contributed by atoms with Crippen molar-refractivity contribution in [1.82, 2.24) is 0 Å². The zero-order valence-electron chi connectivity index (χ0n) is 17.8. The second-order valence-corrected chi connectivity index (χ2v) is 8.87. The van der Waals surface area contributed by atoms with Crippen LogP contribution in [0.1, 0.15) is 56.1 Å². The second kappa shape index (κ2) is 9.83. The van der Waals surface area contributed by atoms with Crippen molar-refractivity contribution in [3.63, 3.8) is 0 Å². The summed E-state index contributed by atoms with van der Waals surface area (Å²) in [5.41, 5.74) is 4.12. The molecule has 0 saturated carbocycles. The zero-order chi connectivity index (χ0) is 21.6. The van der Waals surface area contributed by atoms with Gasteiger partial charge < -0.3 is 15.2 Å². The van der Waals surface area contributed by atoms with E-state index in [0.717, 1.165) is 23.5 Å². The van der Waals surface area contributed by atoms with E-state index in [0.29, 0.717) is 11.5 Å². The fourth-order valence-corrected chi connectivity index (χ4v) is 4.03. The molecule has 0 aliphatic rings. The van der Waals surface area contributed by atoms with Gasteiger partial charge in [0.15, 0.2) is 0 Å². The number of aromatic carboxylic acids is 1. The highest BCUT2D eigenvalue weighted by Crippen LogP contribution is 2.33. The molecule has 2 N–H and O–H groups in total. The topological polar surface area (TPSA) is 73.1 Å². The quantitative estimate of drug-likeness (QED) is 0.258. The molecule has 156 valence electrons. The number of hydrogen-bond donors (Lipinski definition) is 2. The summed E-state index contributed by atoms with van der Waals surface area (Å²) >= 11 is 1.51. The summed E-state index contributed by atoms with van der Waals surface area (Å²) in [4.78, 5) is 14.2. The number of carboxylic acids is 1. The third kappa shape index (κ3) is 5.76. The second-order valence-electron chi connectivity index (χ2n) is 7.82. The fourth-order valence-electron chi connectivity index (χ4n) is 3.17. The largest absolute Gasteiger partial charge is 0.478 e. The summed E-state index contributed by atoms with van der Waals surface area (Å²) in [7, 11) is 0. The molecule has 0 radical (unpaired) electrons. The van der Waals surface area contributed by atoms with Crippen LogP contribution in [0.15, 0.2) is 52.5 Å². The number of thioether (sulfide) groups is 1. The monoisotopic (exact) mass is 414 g/mol. The van der Waals surface area contributed by atoms with Crippen LogP contribution in [0.5, 0.6) is 0 Å². The summed E-state index contributed by atoms with van der Waals surface area (Å²) in [6.45, 7) is 12.7. The van der Waals surface area contributed by atoms with Gasteiger partial charge in [0.1, 0.15) is 0 Å². The molecule has 0 atom stereocenters. The van der Waals surface area contributed by atoms with Crippen molar-refractivity contribution in [3.05, 3.63) is 59.2 Å². The van der Waals surface area contributed by atoms with E-state index >= 15 is 0 Å². The molecule has 2 rings (SSSR count). The van der Waals surface area contributed by atoms with Crippen molar-refractivity contribution in [2.45, 2.75) is 44.9 Å². The van der Waals surface area contributed by atoms with Gasteiger partial charge in [-0.2, -0.15) is 0 Å². The Morgan fingerprint density at radius 1 is 1.03 bits per heavy atom. The highest BCUT2D eigenvalue weighted by molar-refractivity contribution is 8.00. The average molecular weight is 415 g/mol. The summed E-state index contributed by atoms with van der Waals surface area (Å²) in [6, 6.07) is 12.9. The van der Waals surface area contributed by atoms with Gasteiger partial charge in [-0.3, -0.25) is 0 Å². The molecule has 0 aromatic heterocycles. The molecule has 5 nitrogen and oxygen atoms in total. The number of carbonyl (C=O) groups is 1. The molecule has 0 saturated heterocycles. The van der Waals surface area contributed by atoms with E-state index in [9.17, 15) is 10.0 Å². The van der Waals surface area contributed by atoms with Gasteiger partial charge in [0.2, 0.25) is 0 Å². The Morgan fingerprint density at radius 3 is 2.10 bits per heavy atom. The number of benzene rings is 2. The molecule has 2 aromatic rings. The van der Waals surface area contributed by atoms with Crippen LogP contribution >= 0.6 is 11.8 Å². The highest BCUT2D eigenvalue weighted by atomic mass is 32.2. The van der Waals surface area contributed by atoms with Crippen molar-refractivity contribution >= 4 is 29.1 Å². The lowest BCUT2D eigenvalue weighted by Gasteiger charge is -2.30. The predicted octanol–water partition coefficient (Wildman–Crippen LogP) is 5.50. The maximum atomic E-state index is 11.0. The molecular formula is C23H30N2O3S. The molecule has 0 aliphatic heterocycles. The maximum Gasteiger partial charge on any atom is 0.335 e. The molecule has 2 aromatic carbocycles. The first-order valence-corrected chi connectivity index (χ1v) is 10.8. The summed E-state index contributed by atoms with van der Waals surface area (Å²) in [6.07, 6.45) is 0. The lowest BCUT2D eigenvalue weighted by Crippen LogP contribution is -2.26. The van der Waals surface area contributed by atoms with E-state index in [1.165, 1.54) is 23.0 Å². The van der Waals surface area contributed by atoms with E-state index in [2.05, 4.69) is 56.8 Å². The smallest absolute Gasteiger partial charge is 0.335 e. The first-order valence-electron chi connectivity index (χ1n) is 9.78. The van der Waals surface area contributed by atoms with Gasteiger partial charge in [0.25, 0.3) is 0 Å². The van der Waals surface area contributed by atoms with E-state index < -0.39 is 5.97 Å². The number of oxime groups is 1. The van der Waals surface area contributed by atoms with Gasteiger partial charge in [0, 0.05) is 35.0 Å². The van der Waals surface area contributed by atoms with Crippen molar-refractivity contribution in [2.24, 2.45) is 5.16 Å². The van der Waals surface area contributed by atoms with E-state index in [-0.39, 0.29) is 11.0 Å². The van der Waals surface area contributed by atoms with Gasteiger partial charge in [-0.15, -0.1) is 11.8 Å². The molecule has 0 fully saturated rings. The van der Waals surface area contributed by atoms with Gasteiger partial charge in [0.05, 0.1) is 11.3 Å². The molecule has 0 aliphatic carbocycles. The van der Waals surface area contributed by atoms with Gasteiger partial charge >= 0.3 is 5.97 Å². The molecule has 29 heavy (non-hydrogen) atoms. The highest BCUT2D eigenvalue weighted by Gasteiger charge is 2.22. The van der Waals surface area contributed by atoms with Crippen LogP contribution in [0.3, 0.4) is 0 Å². The third-order valence-corrected chi connectivity index (χ3v) is 5.86. The lowest BCUT2D eigenvalue weighted by molar-refractivity contribution is 0.0697. The van der Waals surface area contributed by atoms with Gasteiger partial charge in [-0.05, 0) is 61.2 Å². The predicted molar refractivity (Wildman–Crippen MR) is 121 cm³/mol. The number of carboxylic acid groups (broad SMARTS) is 1. The van der Waals surface area contributed by atoms with Crippen molar-refractivity contribution in [3.8, 4) is 0 Å². The lowest BCUT2D eigenvalue weighted by atomic mass is 9.84. The summed E-state index contributed by atoms with van der Waals surface area (Å²) < 4.78 is 0. The van der Waals surface area contributed by atoms with Crippen LogP contribution in [0.2, 0.25) is 0 Å². The maximum absolute atomic E-state index is 11.0. The van der Waals surface area contributed by atoms with Crippen molar-refractivity contribution < 1.29 is 15.1 Å². The SMILES string of the molecule is CCN(CC)c1ccc(/C(CSc2ccc(C(=O)O)cc2)=N\O)cc1C(C)(C)C. The number of anilines is 1. The number of hydrogen-bond acceptors (Lipinski definition) is 5. The molecule has 0 heterocycles. The fraction of sp³-hybridized carbons (Fsp3) is 0.391. The zero-order valence-corrected chi connectivity index (χ0v) is 18.6. The Labute approximate surface area is 177 Å². The Balaban J connectivity index is 2.27. The number of nitrogens with zero attached hydrogens (tertiary/aromatic N) is 2. The Kier molecular flexibility index (Phi) is 7.73. The van der Waals surface area contributed by atoms with Crippen LogP contribution in [0.25, 0.3) is 0 Å². The summed E-state index contributed by atoms with van der Waals surface area (Å²) in [5.74, 6) is -0.459. The molecular weight excluding hydrogens is 384 g/mol. The standard InChI is InChI=1S/C23H30N2O3S/c1-6-25(7-2)21-13-10-17(14-19(21)23(3,4)5)20(24-28)15-29-18-11-8-16(9-12-18)22(26)27/h8-14,28H,6-7,15H2,1-5H3,(H,26,27)/b24-20-. The third-order valence-electron chi connectivity index (χ3n) is 4.84. The molecule has 0 spiro atoms. The van der Waals surface area contributed by atoms with Crippen molar-refractivity contribution in [2.75, 3.05) is 23.7 Å². The van der Waals surface area contributed by atoms with E-state index in [4.69, 9.17) is 5.11 Å². The normalized spacial score (nSPS) is 12.1. The average Bonchev–Trinajstić information content (AvgIpc) is 2.69. The van der Waals surface area contributed by atoms with Crippen LogP contribution in [0.4, 0.5) is 5.69 Å². The Bertz CT molecular complexity index is 867. The molecule has 0 bridgehead atoms. The minimum atomic E-state index is -0.942. The van der Waals surface area contributed by atoms with Crippen molar-refractivity contribution in [1.29, 1.82) is 0 Å². The van der Waals surface area contributed by atoms with Crippen LogP contribution < -0.4 is 4.90 Å². The molecule has 0 unspecified atom stereocenters. The molecule has 6 heteroatoms. The minimum absolute atomic E-state index is 0.0473. The Hall–Kier alpha value is -2.47. The van der Waals surface area contributed by atoms with Gasteiger partial charge in [-0.1, -0.05) is 32.0 Å². The summed E-state index contributed by atoms with van der Waals surface area (Å²) in [5, 5.41) is 22.2. The molecule has 0 amide bonds. The van der Waals surface area contributed by atoms with E-state index in [1.807, 2.05) is 6.07 Å². The Morgan fingerprint density at radius 2 is 1.62 bits per heavy atom. The van der Waals surface area contributed by atoms with Crippen LogP contribution in [-0.4, -0.2) is 40.8 Å². The first-order chi connectivity index (χ1) is 13.7. The van der Waals surface area contributed by atoms with Crippen LogP contribution in [-0.2, 0) is 5.41 Å². The minimum Gasteiger partial charge on any atom is -0.478 e.